The van der Waals surface area contributed by atoms with Crippen molar-refractivity contribution in [1.29, 1.82) is 0 Å². The number of hydrogen-bond acceptors (Lipinski definition) is 5. The number of hydrogen-bond donors (Lipinski definition) is 2. The lowest BCUT2D eigenvalue weighted by molar-refractivity contribution is 0.111. The summed E-state index contributed by atoms with van der Waals surface area (Å²) in [5.41, 5.74) is 1.77. The Morgan fingerprint density at radius 1 is 1.18 bits per heavy atom. The highest BCUT2D eigenvalue weighted by Gasteiger charge is 2.24. The van der Waals surface area contributed by atoms with Crippen LogP contribution in [0.25, 0.3) is 0 Å². The van der Waals surface area contributed by atoms with E-state index in [0.717, 1.165) is 31.6 Å². The van der Waals surface area contributed by atoms with Gasteiger partial charge in [-0.1, -0.05) is 12.1 Å². The number of nitrogens with one attached hydrogen (secondary N) is 1. The zero-order valence-electron chi connectivity index (χ0n) is 16.2. The normalized spacial score (nSPS) is 15.6. The number of benzene rings is 2. The number of aliphatic hydroxyl groups is 1. The Morgan fingerprint density at radius 3 is 2.79 bits per heavy atom. The Hall–Kier alpha value is -2.31. The number of rotatable bonds is 10. The largest absolute Gasteiger partial charge is 0.497 e. The molecule has 1 atom stereocenters. The highest BCUT2D eigenvalue weighted by Crippen LogP contribution is 2.40. The van der Waals surface area contributed by atoms with Crippen molar-refractivity contribution < 1.29 is 23.7 Å². The second kappa shape index (κ2) is 10.3. The van der Waals surface area contributed by atoms with Gasteiger partial charge in [-0.05, 0) is 49.6 Å². The first-order valence-electron chi connectivity index (χ1n) is 9.78. The molecule has 152 valence electrons. The highest BCUT2D eigenvalue weighted by molar-refractivity contribution is 5.49. The van der Waals surface area contributed by atoms with E-state index in [1.54, 1.807) is 7.11 Å². The minimum atomic E-state index is -0.703. The third kappa shape index (κ3) is 5.59. The molecule has 0 radical (unpaired) electrons. The molecule has 0 bridgehead atoms. The fourth-order valence-electron chi connectivity index (χ4n) is 3.26. The monoisotopic (exact) mass is 389 g/mol. The van der Waals surface area contributed by atoms with E-state index in [1.807, 2.05) is 12.1 Å². The topological polar surface area (TPSA) is 60.0 Å². The summed E-state index contributed by atoms with van der Waals surface area (Å²) in [7, 11) is 1.67. The van der Waals surface area contributed by atoms with Gasteiger partial charge in [0.2, 0.25) is 0 Å². The predicted octanol–water partition coefficient (Wildman–Crippen LogP) is 3.64. The van der Waals surface area contributed by atoms with Crippen LogP contribution in [0.3, 0.4) is 0 Å². The molecular formula is C22H28FNO4. The number of ether oxygens (including phenoxy) is 3. The van der Waals surface area contributed by atoms with Gasteiger partial charge in [-0.15, -0.1) is 0 Å². The molecule has 6 heteroatoms. The summed E-state index contributed by atoms with van der Waals surface area (Å²) in [6.45, 7) is 2.38. The second-order valence-electron chi connectivity index (χ2n) is 6.88. The minimum Gasteiger partial charge on any atom is -0.497 e. The number of aliphatic hydroxyl groups excluding tert-OH is 1. The second-order valence-corrected chi connectivity index (χ2v) is 6.88. The quantitative estimate of drug-likeness (QED) is 0.608. The van der Waals surface area contributed by atoms with Crippen LogP contribution in [0.2, 0.25) is 0 Å². The molecule has 0 saturated carbocycles. The van der Waals surface area contributed by atoms with Crippen LogP contribution in [-0.4, -0.2) is 38.5 Å². The van der Waals surface area contributed by atoms with E-state index in [9.17, 15) is 9.50 Å². The third-order valence-electron chi connectivity index (χ3n) is 4.81. The zero-order chi connectivity index (χ0) is 19.8. The molecule has 1 aliphatic heterocycles. The van der Waals surface area contributed by atoms with Crippen molar-refractivity contribution in [1.82, 2.24) is 5.32 Å². The van der Waals surface area contributed by atoms with E-state index in [0.29, 0.717) is 43.2 Å². The first-order valence-corrected chi connectivity index (χ1v) is 9.78. The van der Waals surface area contributed by atoms with Crippen molar-refractivity contribution in [2.45, 2.75) is 31.8 Å². The van der Waals surface area contributed by atoms with Gasteiger partial charge >= 0.3 is 0 Å². The summed E-state index contributed by atoms with van der Waals surface area (Å²) in [5, 5.41) is 13.3. The summed E-state index contributed by atoms with van der Waals surface area (Å²) in [6, 6.07) is 10.8. The molecule has 1 aliphatic rings. The fraction of sp³-hybridized carbons (Fsp3) is 0.455. The summed E-state index contributed by atoms with van der Waals surface area (Å²) >= 11 is 0. The molecular weight excluding hydrogens is 361 g/mol. The van der Waals surface area contributed by atoms with Gasteiger partial charge in [0.25, 0.3) is 0 Å². The van der Waals surface area contributed by atoms with Crippen molar-refractivity contribution in [3.8, 4) is 17.2 Å². The van der Waals surface area contributed by atoms with Crippen molar-refractivity contribution in [3.05, 3.63) is 53.3 Å². The number of unbranched alkanes of at least 4 members (excludes halogenated alkanes) is 1. The number of methoxy groups -OCH3 is 1. The fourth-order valence-corrected chi connectivity index (χ4v) is 3.26. The zero-order valence-corrected chi connectivity index (χ0v) is 16.2. The minimum absolute atomic E-state index is 0.357. The molecule has 2 aromatic carbocycles. The molecule has 0 fully saturated rings. The lowest BCUT2D eigenvalue weighted by atomic mass is 10.0. The maximum absolute atomic E-state index is 13.8. The average Bonchev–Trinajstić information content (AvgIpc) is 2.71. The van der Waals surface area contributed by atoms with Crippen LogP contribution in [0.1, 0.15) is 36.5 Å². The number of fused-ring (bicyclic) bond motifs is 1. The van der Waals surface area contributed by atoms with Gasteiger partial charge in [0.1, 0.15) is 18.2 Å². The Labute approximate surface area is 165 Å². The van der Waals surface area contributed by atoms with Crippen LogP contribution in [0.15, 0.2) is 36.4 Å². The van der Waals surface area contributed by atoms with Crippen molar-refractivity contribution in [2.75, 3.05) is 33.4 Å². The van der Waals surface area contributed by atoms with Gasteiger partial charge in [-0.2, -0.15) is 0 Å². The molecule has 1 heterocycles. The van der Waals surface area contributed by atoms with Gasteiger partial charge in [0, 0.05) is 24.6 Å². The Morgan fingerprint density at radius 2 is 2.00 bits per heavy atom. The van der Waals surface area contributed by atoms with E-state index < -0.39 is 11.9 Å². The predicted molar refractivity (Wildman–Crippen MR) is 106 cm³/mol. The standard InChI is InChI=1S/C22H28FNO4/c1-26-18-7-5-16(6-8-18)4-2-3-10-24-11-13-27-21-15-17(23)14-19-20(25)9-12-28-22(19)21/h5-8,14-15,20,24-25H,2-4,9-13H2,1H3/t20-/m0/s1. The van der Waals surface area contributed by atoms with Crippen LogP contribution in [0, 0.1) is 5.82 Å². The summed E-state index contributed by atoms with van der Waals surface area (Å²) in [6.07, 6.45) is 2.97. The van der Waals surface area contributed by atoms with E-state index in [2.05, 4.69) is 17.4 Å². The van der Waals surface area contributed by atoms with Crippen LogP contribution in [-0.2, 0) is 6.42 Å². The average molecular weight is 389 g/mol. The van der Waals surface area contributed by atoms with E-state index in [-0.39, 0.29) is 0 Å². The molecule has 5 nitrogen and oxygen atoms in total. The van der Waals surface area contributed by atoms with Crippen LogP contribution in [0.4, 0.5) is 4.39 Å². The third-order valence-corrected chi connectivity index (χ3v) is 4.81. The first-order chi connectivity index (χ1) is 13.7. The molecule has 0 unspecified atom stereocenters. The van der Waals surface area contributed by atoms with Gasteiger partial charge in [0.15, 0.2) is 11.5 Å². The smallest absolute Gasteiger partial charge is 0.167 e. The van der Waals surface area contributed by atoms with Crippen LogP contribution in [0.5, 0.6) is 17.2 Å². The van der Waals surface area contributed by atoms with E-state index in [4.69, 9.17) is 14.2 Å². The molecule has 0 amide bonds. The maximum Gasteiger partial charge on any atom is 0.167 e. The van der Waals surface area contributed by atoms with E-state index in [1.165, 1.54) is 17.7 Å². The Bertz CT molecular complexity index is 751. The molecule has 3 rings (SSSR count). The van der Waals surface area contributed by atoms with Gasteiger partial charge in [0.05, 0.1) is 19.8 Å². The number of halogens is 1. The van der Waals surface area contributed by atoms with Gasteiger partial charge in [-0.25, -0.2) is 4.39 Å². The summed E-state index contributed by atoms with van der Waals surface area (Å²) in [4.78, 5) is 0. The maximum atomic E-state index is 13.8. The molecule has 0 aliphatic carbocycles. The molecule has 2 N–H and O–H groups in total. The van der Waals surface area contributed by atoms with E-state index >= 15 is 0 Å². The van der Waals surface area contributed by atoms with Crippen molar-refractivity contribution in [3.63, 3.8) is 0 Å². The van der Waals surface area contributed by atoms with Crippen molar-refractivity contribution >= 4 is 0 Å². The van der Waals surface area contributed by atoms with Crippen LogP contribution < -0.4 is 19.5 Å². The molecule has 28 heavy (non-hydrogen) atoms. The van der Waals surface area contributed by atoms with Gasteiger partial charge < -0.3 is 24.6 Å². The Balaban J connectivity index is 1.33. The Kier molecular flexibility index (Phi) is 7.51. The summed E-state index contributed by atoms with van der Waals surface area (Å²) < 4.78 is 30.2. The summed E-state index contributed by atoms with van der Waals surface area (Å²) in [5.74, 6) is 1.27. The molecule has 0 saturated heterocycles. The lowest BCUT2D eigenvalue weighted by Gasteiger charge is -2.24. The van der Waals surface area contributed by atoms with Crippen molar-refractivity contribution in [2.24, 2.45) is 0 Å². The lowest BCUT2D eigenvalue weighted by Crippen LogP contribution is -2.23. The molecule has 0 spiro atoms. The molecule has 0 aromatic heterocycles. The van der Waals surface area contributed by atoms with Gasteiger partial charge in [-0.3, -0.25) is 0 Å². The first kappa shape index (κ1) is 20.4. The van der Waals surface area contributed by atoms with Crippen LogP contribution >= 0.6 is 0 Å². The molecule has 2 aromatic rings. The SMILES string of the molecule is COc1ccc(CCCCNCCOc2cc(F)cc3c2OCC[C@@H]3O)cc1. The highest BCUT2D eigenvalue weighted by atomic mass is 19.1. The number of aryl methyl sites for hydroxylation is 1.